The third-order valence-electron chi connectivity index (χ3n) is 2.47. The van der Waals surface area contributed by atoms with Crippen molar-refractivity contribution in [3.8, 4) is 0 Å². The molecule has 0 bridgehead atoms. The monoisotopic (exact) mass is 242 g/mol. The van der Waals surface area contributed by atoms with Crippen molar-refractivity contribution in [1.29, 1.82) is 0 Å². The quantitative estimate of drug-likeness (QED) is 0.636. The Kier molecular flexibility index (Phi) is 7.84. The van der Waals surface area contributed by atoms with Crippen molar-refractivity contribution in [2.24, 2.45) is 5.92 Å². The lowest BCUT2D eigenvalue weighted by atomic mass is 10.1. The topological polar surface area (TPSA) is 69.6 Å². The van der Waals surface area contributed by atoms with E-state index in [1.165, 1.54) is 0 Å². The first-order valence-corrected chi connectivity index (χ1v) is 5.86. The van der Waals surface area contributed by atoms with Crippen LogP contribution in [-0.2, 0) is 4.79 Å². The Balaban J connectivity index is 3.88. The molecule has 5 nitrogen and oxygen atoms in total. The van der Waals surface area contributed by atoms with E-state index in [1.807, 2.05) is 13.8 Å². The number of nitrogens with one attached hydrogen (secondary N) is 1. The van der Waals surface area contributed by atoms with Gasteiger partial charge in [0.05, 0.1) is 0 Å². The molecule has 0 aromatic carbocycles. The predicted octanol–water partition coefficient (Wildman–Crippen LogP) is 1.70. The van der Waals surface area contributed by atoms with Gasteiger partial charge in [0.25, 0.3) is 0 Å². The molecule has 0 saturated carbocycles. The Morgan fingerprint density at radius 3 is 2.65 bits per heavy atom. The normalized spacial score (nSPS) is 11.6. The summed E-state index contributed by atoms with van der Waals surface area (Å²) in [5.74, 6) is -0.637. The summed E-state index contributed by atoms with van der Waals surface area (Å²) in [4.78, 5) is 23.7. The highest BCUT2D eigenvalue weighted by atomic mass is 16.4. The SMILES string of the molecule is C=CCN(CC)C(=O)NCC(C)CCC(=O)O. The van der Waals surface area contributed by atoms with Gasteiger partial charge in [-0.2, -0.15) is 0 Å². The highest BCUT2D eigenvalue weighted by Gasteiger charge is 2.11. The molecule has 2 N–H and O–H groups in total. The zero-order valence-electron chi connectivity index (χ0n) is 10.6. The highest BCUT2D eigenvalue weighted by Crippen LogP contribution is 2.04. The highest BCUT2D eigenvalue weighted by molar-refractivity contribution is 5.74. The zero-order chi connectivity index (χ0) is 13.3. The minimum Gasteiger partial charge on any atom is -0.481 e. The molecule has 0 fully saturated rings. The summed E-state index contributed by atoms with van der Waals surface area (Å²) in [6.45, 7) is 9.06. The van der Waals surface area contributed by atoms with Gasteiger partial charge in [-0.1, -0.05) is 13.0 Å². The average Bonchev–Trinajstić information content (AvgIpc) is 2.30. The Hall–Kier alpha value is -1.52. The van der Waals surface area contributed by atoms with Gasteiger partial charge in [-0.05, 0) is 19.3 Å². The lowest BCUT2D eigenvalue weighted by Gasteiger charge is -2.21. The maximum atomic E-state index is 11.7. The maximum absolute atomic E-state index is 11.7. The zero-order valence-corrected chi connectivity index (χ0v) is 10.6. The van der Waals surface area contributed by atoms with Crippen LogP contribution in [0.25, 0.3) is 0 Å². The summed E-state index contributed by atoms with van der Waals surface area (Å²) in [6.07, 6.45) is 2.39. The second kappa shape index (κ2) is 8.61. The maximum Gasteiger partial charge on any atom is 0.317 e. The molecule has 17 heavy (non-hydrogen) atoms. The van der Waals surface area contributed by atoms with Gasteiger partial charge in [-0.15, -0.1) is 6.58 Å². The second-order valence-electron chi connectivity index (χ2n) is 4.05. The van der Waals surface area contributed by atoms with Crippen molar-refractivity contribution in [2.45, 2.75) is 26.7 Å². The molecule has 0 saturated heterocycles. The smallest absolute Gasteiger partial charge is 0.317 e. The second-order valence-corrected chi connectivity index (χ2v) is 4.05. The number of carboxylic acids is 1. The molecule has 1 unspecified atom stereocenters. The fraction of sp³-hybridized carbons (Fsp3) is 0.667. The van der Waals surface area contributed by atoms with Gasteiger partial charge in [0, 0.05) is 26.1 Å². The molecule has 98 valence electrons. The molecule has 0 aliphatic rings. The third kappa shape index (κ3) is 7.38. The van der Waals surface area contributed by atoms with Crippen molar-refractivity contribution in [2.75, 3.05) is 19.6 Å². The van der Waals surface area contributed by atoms with Gasteiger partial charge in [-0.25, -0.2) is 4.79 Å². The van der Waals surface area contributed by atoms with Gasteiger partial charge in [0.2, 0.25) is 0 Å². The molecule has 0 radical (unpaired) electrons. The number of hydrogen-bond acceptors (Lipinski definition) is 2. The molecule has 0 aromatic rings. The van der Waals surface area contributed by atoms with Crippen molar-refractivity contribution in [1.82, 2.24) is 10.2 Å². The van der Waals surface area contributed by atoms with Crippen molar-refractivity contribution < 1.29 is 14.7 Å². The molecular formula is C12H22N2O3. The summed E-state index contributed by atoms with van der Waals surface area (Å²) in [6, 6.07) is -0.130. The Morgan fingerprint density at radius 2 is 2.18 bits per heavy atom. The molecule has 0 heterocycles. The number of urea groups is 1. The van der Waals surface area contributed by atoms with Crippen LogP contribution in [0, 0.1) is 5.92 Å². The molecule has 5 heteroatoms. The van der Waals surface area contributed by atoms with Crippen LogP contribution in [0.5, 0.6) is 0 Å². The molecular weight excluding hydrogens is 220 g/mol. The van der Waals surface area contributed by atoms with Crippen molar-refractivity contribution >= 4 is 12.0 Å². The van der Waals surface area contributed by atoms with E-state index in [-0.39, 0.29) is 18.4 Å². The summed E-state index contributed by atoms with van der Waals surface area (Å²) in [5, 5.41) is 11.3. The minimum absolute atomic E-state index is 0.130. The van der Waals surface area contributed by atoms with Crippen LogP contribution in [-0.4, -0.2) is 41.6 Å². The Bertz CT molecular complexity index is 266. The van der Waals surface area contributed by atoms with Crippen LogP contribution in [0.1, 0.15) is 26.7 Å². The Labute approximate surface area is 102 Å². The predicted molar refractivity (Wildman–Crippen MR) is 66.9 cm³/mol. The lowest BCUT2D eigenvalue weighted by Crippen LogP contribution is -2.41. The minimum atomic E-state index is -0.801. The van der Waals surface area contributed by atoms with Crippen LogP contribution in [0.3, 0.4) is 0 Å². The number of likely N-dealkylation sites (N-methyl/N-ethyl adjacent to an activating group) is 1. The number of rotatable bonds is 8. The molecule has 2 amide bonds. The fourth-order valence-electron chi connectivity index (χ4n) is 1.36. The van der Waals surface area contributed by atoms with Gasteiger partial charge in [0.15, 0.2) is 0 Å². The summed E-state index contributed by atoms with van der Waals surface area (Å²) in [7, 11) is 0. The first kappa shape index (κ1) is 15.5. The molecule has 0 rings (SSSR count). The van der Waals surface area contributed by atoms with Crippen molar-refractivity contribution in [3.63, 3.8) is 0 Å². The van der Waals surface area contributed by atoms with Gasteiger partial charge < -0.3 is 15.3 Å². The van der Waals surface area contributed by atoms with E-state index >= 15 is 0 Å². The third-order valence-corrected chi connectivity index (χ3v) is 2.47. The van der Waals surface area contributed by atoms with Gasteiger partial charge >= 0.3 is 12.0 Å². The van der Waals surface area contributed by atoms with Crippen LogP contribution in [0.2, 0.25) is 0 Å². The lowest BCUT2D eigenvalue weighted by molar-refractivity contribution is -0.137. The van der Waals surface area contributed by atoms with E-state index in [9.17, 15) is 9.59 Å². The number of aliphatic carboxylic acids is 1. The van der Waals surface area contributed by atoms with E-state index < -0.39 is 5.97 Å². The molecule has 0 aromatic heterocycles. The van der Waals surface area contributed by atoms with Crippen LogP contribution >= 0.6 is 0 Å². The van der Waals surface area contributed by atoms with Gasteiger partial charge in [-0.3, -0.25) is 4.79 Å². The standard InChI is InChI=1S/C12H22N2O3/c1-4-8-14(5-2)12(17)13-9-10(3)6-7-11(15)16/h4,10H,1,5-9H2,2-3H3,(H,13,17)(H,15,16). The molecule has 0 aliphatic heterocycles. The van der Waals surface area contributed by atoms with Crippen LogP contribution < -0.4 is 5.32 Å². The van der Waals surface area contributed by atoms with E-state index in [2.05, 4.69) is 11.9 Å². The van der Waals surface area contributed by atoms with Crippen LogP contribution in [0.15, 0.2) is 12.7 Å². The molecule has 0 spiro atoms. The molecule has 1 atom stereocenters. The number of carboxylic acid groups (broad SMARTS) is 1. The first-order valence-electron chi connectivity index (χ1n) is 5.86. The largest absolute Gasteiger partial charge is 0.481 e. The summed E-state index contributed by atoms with van der Waals surface area (Å²) in [5.41, 5.74) is 0. The van der Waals surface area contributed by atoms with Gasteiger partial charge in [0.1, 0.15) is 0 Å². The number of nitrogens with zero attached hydrogens (tertiary/aromatic N) is 1. The van der Waals surface area contributed by atoms with E-state index in [1.54, 1.807) is 11.0 Å². The molecule has 0 aliphatic carbocycles. The number of carbonyl (C=O) groups is 2. The number of hydrogen-bond donors (Lipinski definition) is 2. The fourth-order valence-corrected chi connectivity index (χ4v) is 1.36. The van der Waals surface area contributed by atoms with Crippen molar-refractivity contribution in [3.05, 3.63) is 12.7 Å². The summed E-state index contributed by atoms with van der Waals surface area (Å²) < 4.78 is 0. The first-order chi connectivity index (χ1) is 8.01. The number of carbonyl (C=O) groups excluding carboxylic acids is 1. The Morgan fingerprint density at radius 1 is 1.53 bits per heavy atom. The number of amides is 2. The van der Waals surface area contributed by atoms with E-state index in [0.717, 1.165) is 0 Å². The average molecular weight is 242 g/mol. The van der Waals surface area contributed by atoms with Crippen LogP contribution in [0.4, 0.5) is 4.79 Å². The summed E-state index contributed by atoms with van der Waals surface area (Å²) >= 11 is 0. The van der Waals surface area contributed by atoms with E-state index in [0.29, 0.717) is 26.1 Å². The van der Waals surface area contributed by atoms with E-state index in [4.69, 9.17) is 5.11 Å².